The van der Waals surface area contributed by atoms with Crippen molar-refractivity contribution in [1.29, 1.82) is 0 Å². The third kappa shape index (κ3) is 4.06. The van der Waals surface area contributed by atoms with Crippen LogP contribution >= 0.6 is 46.6 Å². The van der Waals surface area contributed by atoms with E-state index in [1.54, 1.807) is 41.3 Å². The standard InChI is InChI=1S/C17H13Cl3N2OS/c18-13-3-1-2-11(8-13)16(23)22-7-6-21-17(22)24-10-12-4-5-14(19)9-15(12)20/h1-5,8-9H,6-7,10H2. The summed E-state index contributed by atoms with van der Waals surface area (Å²) in [6, 6.07) is 12.3. The van der Waals surface area contributed by atoms with Gasteiger partial charge in [0.25, 0.3) is 5.91 Å². The minimum Gasteiger partial charge on any atom is -0.286 e. The van der Waals surface area contributed by atoms with Gasteiger partial charge >= 0.3 is 0 Å². The molecule has 1 amide bonds. The smallest absolute Gasteiger partial charge is 0.259 e. The van der Waals surface area contributed by atoms with E-state index in [0.29, 0.717) is 44.6 Å². The minimum atomic E-state index is -0.0940. The number of rotatable bonds is 3. The van der Waals surface area contributed by atoms with Crippen LogP contribution in [0.2, 0.25) is 15.1 Å². The average Bonchev–Trinajstić information content (AvgIpc) is 3.02. The van der Waals surface area contributed by atoms with E-state index in [2.05, 4.69) is 4.99 Å². The topological polar surface area (TPSA) is 32.7 Å². The second-order valence-electron chi connectivity index (χ2n) is 5.16. The maximum absolute atomic E-state index is 12.7. The lowest BCUT2D eigenvalue weighted by molar-refractivity contribution is 0.0860. The Morgan fingerprint density at radius 3 is 2.67 bits per heavy atom. The highest BCUT2D eigenvalue weighted by Gasteiger charge is 2.25. The molecule has 124 valence electrons. The van der Waals surface area contributed by atoms with Crippen molar-refractivity contribution < 1.29 is 4.79 Å². The molecule has 3 rings (SSSR count). The molecular formula is C17H13Cl3N2OS. The van der Waals surface area contributed by atoms with Crippen molar-refractivity contribution >= 4 is 57.6 Å². The second-order valence-corrected chi connectivity index (χ2v) is 7.38. The zero-order valence-electron chi connectivity index (χ0n) is 12.5. The molecule has 1 aliphatic heterocycles. The molecule has 0 atom stereocenters. The van der Waals surface area contributed by atoms with Crippen LogP contribution in [0.5, 0.6) is 0 Å². The molecule has 3 nitrogen and oxygen atoms in total. The number of halogens is 3. The molecule has 0 unspecified atom stereocenters. The van der Waals surface area contributed by atoms with E-state index in [1.807, 2.05) is 6.07 Å². The molecule has 1 aliphatic rings. The van der Waals surface area contributed by atoms with E-state index in [-0.39, 0.29) is 5.91 Å². The largest absolute Gasteiger partial charge is 0.286 e. The number of amidine groups is 1. The molecule has 2 aromatic carbocycles. The monoisotopic (exact) mass is 398 g/mol. The second kappa shape index (κ2) is 7.79. The summed E-state index contributed by atoms with van der Waals surface area (Å²) in [6.45, 7) is 1.17. The molecule has 0 bridgehead atoms. The Morgan fingerprint density at radius 2 is 1.92 bits per heavy atom. The fourth-order valence-electron chi connectivity index (χ4n) is 2.30. The number of hydrogen-bond donors (Lipinski definition) is 0. The lowest BCUT2D eigenvalue weighted by Crippen LogP contribution is -2.32. The van der Waals surface area contributed by atoms with Gasteiger partial charge in [-0.05, 0) is 35.9 Å². The number of benzene rings is 2. The van der Waals surface area contributed by atoms with E-state index in [9.17, 15) is 4.79 Å². The van der Waals surface area contributed by atoms with Gasteiger partial charge in [-0.15, -0.1) is 0 Å². The third-order valence-corrected chi connectivity index (χ3v) is 5.38. The van der Waals surface area contributed by atoms with Crippen LogP contribution < -0.4 is 0 Å². The van der Waals surface area contributed by atoms with Gasteiger partial charge in [-0.25, -0.2) is 0 Å². The van der Waals surface area contributed by atoms with Crippen LogP contribution in [0.25, 0.3) is 0 Å². The van der Waals surface area contributed by atoms with E-state index in [0.717, 1.165) is 5.56 Å². The summed E-state index contributed by atoms with van der Waals surface area (Å²) in [6.07, 6.45) is 0. The zero-order chi connectivity index (χ0) is 17.1. The van der Waals surface area contributed by atoms with Gasteiger partial charge in [0.2, 0.25) is 0 Å². The lowest BCUT2D eigenvalue weighted by Gasteiger charge is -2.18. The van der Waals surface area contributed by atoms with E-state index in [1.165, 1.54) is 11.8 Å². The average molecular weight is 400 g/mol. The Balaban J connectivity index is 1.70. The Kier molecular flexibility index (Phi) is 5.72. The van der Waals surface area contributed by atoms with Gasteiger partial charge in [0.05, 0.1) is 6.54 Å². The van der Waals surface area contributed by atoms with Crippen LogP contribution in [0.3, 0.4) is 0 Å². The molecule has 0 radical (unpaired) electrons. The molecule has 1 heterocycles. The molecule has 0 spiro atoms. The number of hydrogen-bond acceptors (Lipinski definition) is 3. The normalized spacial score (nSPS) is 14.0. The van der Waals surface area contributed by atoms with Crippen LogP contribution in [0, 0.1) is 0 Å². The van der Waals surface area contributed by atoms with Crippen molar-refractivity contribution in [1.82, 2.24) is 4.90 Å². The molecule has 0 aromatic heterocycles. The van der Waals surface area contributed by atoms with Gasteiger partial charge in [-0.2, -0.15) is 0 Å². The Morgan fingerprint density at radius 1 is 1.12 bits per heavy atom. The molecule has 0 N–H and O–H groups in total. The first kappa shape index (κ1) is 17.6. The quantitative estimate of drug-likeness (QED) is 0.693. The summed E-state index contributed by atoms with van der Waals surface area (Å²) in [4.78, 5) is 18.8. The van der Waals surface area contributed by atoms with Crippen LogP contribution in [0.4, 0.5) is 0 Å². The summed E-state index contributed by atoms with van der Waals surface area (Å²) < 4.78 is 0. The fourth-order valence-corrected chi connectivity index (χ4v) is 4.09. The Hall–Kier alpha value is -1.20. The first-order chi connectivity index (χ1) is 11.5. The molecular weight excluding hydrogens is 387 g/mol. The van der Waals surface area contributed by atoms with Crippen molar-refractivity contribution in [3.05, 3.63) is 68.7 Å². The van der Waals surface area contributed by atoms with Gasteiger partial charge in [-0.1, -0.05) is 58.7 Å². The van der Waals surface area contributed by atoms with Crippen LogP contribution in [0.15, 0.2) is 47.5 Å². The summed E-state index contributed by atoms with van der Waals surface area (Å²) in [5.74, 6) is 0.525. The van der Waals surface area contributed by atoms with Crippen LogP contribution in [-0.4, -0.2) is 29.1 Å². The van der Waals surface area contributed by atoms with Crippen LogP contribution in [-0.2, 0) is 5.75 Å². The van der Waals surface area contributed by atoms with Gasteiger partial charge < -0.3 is 0 Å². The SMILES string of the molecule is O=C(c1cccc(Cl)c1)N1CCN=C1SCc1ccc(Cl)cc1Cl. The molecule has 7 heteroatoms. The van der Waals surface area contributed by atoms with E-state index >= 15 is 0 Å². The molecule has 0 saturated heterocycles. The van der Waals surface area contributed by atoms with Gasteiger partial charge in [0, 0.05) is 32.9 Å². The number of thioether (sulfide) groups is 1. The predicted octanol–water partition coefficient (Wildman–Crippen LogP) is 5.39. The number of carbonyl (C=O) groups is 1. The highest BCUT2D eigenvalue weighted by atomic mass is 35.5. The van der Waals surface area contributed by atoms with Crippen LogP contribution in [0.1, 0.15) is 15.9 Å². The number of nitrogens with zero attached hydrogens (tertiary/aromatic N) is 2. The number of aliphatic imine (C=N–C) groups is 1. The Labute approximate surface area is 159 Å². The fraction of sp³-hybridized carbons (Fsp3) is 0.176. The van der Waals surface area contributed by atoms with E-state index < -0.39 is 0 Å². The number of amides is 1. The van der Waals surface area contributed by atoms with Crippen molar-refractivity contribution in [2.45, 2.75) is 5.75 Å². The molecule has 0 fully saturated rings. The minimum absolute atomic E-state index is 0.0940. The molecule has 0 saturated carbocycles. The predicted molar refractivity (Wildman–Crippen MR) is 103 cm³/mol. The van der Waals surface area contributed by atoms with Crippen molar-refractivity contribution in [2.75, 3.05) is 13.1 Å². The first-order valence-corrected chi connectivity index (χ1v) is 9.35. The lowest BCUT2D eigenvalue weighted by atomic mass is 10.2. The summed E-state index contributed by atoms with van der Waals surface area (Å²) in [5, 5.41) is 2.45. The summed E-state index contributed by atoms with van der Waals surface area (Å²) in [7, 11) is 0. The first-order valence-electron chi connectivity index (χ1n) is 7.23. The maximum Gasteiger partial charge on any atom is 0.259 e. The molecule has 2 aromatic rings. The van der Waals surface area contributed by atoms with Crippen molar-refractivity contribution in [3.8, 4) is 0 Å². The number of carbonyl (C=O) groups excluding carboxylic acids is 1. The van der Waals surface area contributed by atoms with Gasteiger partial charge in [0.1, 0.15) is 0 Å². The van der Waals surface area contributed by atoms with Gasteiger partial charge in [-0.3, -0.25) is 14.7 Å². The van der Waals surface area contributed by atoms with E-state index in [4.69, 9.17) is 34.8 Å². The molecule has 24 heavy (non-hydrogen) atoms. The van der Waals surface area contributed by atoms with Gasteiger partial charge in [0.15, 0.2) is 5.17 Å². The highest BCUT2D eigenvalue weighted by Crippen LogP contribution is 2.27. The highest BCUT2D eigenvalue weighted by molar-refractivity contribution is 8.13. The third-order valence-electron chi connectivity index (χ3n) is 3.49. The van der Waals surface area contributed by atoms with Crippen molar-refractivity contribution in [3.63, 3.8) is 0 Å². The zero-order valence-corrected chi connectivity index (χ0v) is 15.6. The summed E-state index contributed by atoms with van der Waals surface area (Å²) >= 11 is 19.6. The Bertz CT molecular complexity index is 810. The van der Waals surface area contributed by atoms with Crippen molar-refractivity contribution in [2.24, 2.45) is 4.99 Å². The maximum atomic E-state index is 12.7. The molecule has 0 aliphatic carbocycles. The summed E-state index contributed by atoms with van der Waals surface area (Å²) in [5.41, 5.74) is 1.51.